The molecule has 0 aliphatic rings. The fourth-order valence-electron chi connectivity index (χ4n) is 4.52. The van der Waals surface area contributed by atoms with Crippen molar-refractivity contribution in [1.82, 2.24) is 0 Å². The molecule has 0 heterocycles. The van der Waals surface area contributed by atoms with E-state index in [-0.39, 0.29) is 34.1 Å². The monoisotopic (exact) mass is 634 g/mol. The predicted molar refractivity (Wildman–Crippen MR) is 158 cm³/mol. The molecule has 0 atom stereocenters. The van der Waals surface area contributed by atoms with Gasteiger partial charge < -0.3 is 49.6 Å². The first-order valence-corrected chi connectivity index (χ1v) is 13.0. The van der Waals surface area contributed by atoms with Crippen LogP contribution >= 0.6 is 0 Å². The zero-order chi connectivity index (χ0) is 34.0. The van der Waals surface area contributed by atoms with Gasteiger partial charge in [0, 0.05) is 22.3 Å². The van der Waals surface area contributed by atoms with Crippen LogP contribution in [0.25, 0.3) is 11.1 Å². The standard InChI is InChI=1S/C32H26O14/c1-43-19-7-5-13(9-21(19)45-3)23(33)27(37)17-11-15(25(35)31(41)29(17)39)16-12-18(30(40)32(42)26(16)36)28(38)24(34)14-6-8-20(44-2)22(10-14)46-4/h5-12,35-36,39-42H,1-4H3. The van der Waals surface area contributed by atoms with Crippen molar-refractivity contribution < 1.29 is 68.8 Å². The van der Waals surface area contributed by atoms with Gasteiger partial charge >= 0.3 is 0 Å². The van der Waals surface area contributed by atoms with Gasteiger partial charge in [0.1, 0.15) is 0 Å². The second-order valence-corrected chi connectivity index (χ2v) is 9.49. The lowest BCUT2D eigenvalue weighted by atomic mass is 9.91. The van der Waals surface area contributed by atoms with Gasteiger partial charge in [-0.1, -0.05) is 0 Å². The second kappa shape index (κ2) is 12.7. The number of ketones is 4. The Balaban J connectivity index is 1.83. The molecule has 4 rings (SSSR count). The van der Waals surface area contributed by atoms with Crippen molar-refractivity contribution in [3.05, 3.63) is 70.8 Å². The largest absolute Gasteiger partial charge is 0.504 e. The normalized spacial score (nSPS) is 10.6. The number of hydrogen-bond acceptors (Lipinski definition) is 14. The van der Waals surface area contributed by atoms with Gasteiger partial charge in [-0.25, -0.2) is 0 Å². The van der Waals surface area contributed by atoms with Gasteiger partial charge in [0.25, 0.3) is 0 Å². The van der Waals surface area contributed by atoms with Crippen molar-refractivity contribution in [2.75, 3.05) is 28.4 Å². The van der Waals surface area contributed by atoms with Gasteiger partial charge in [-0.15, -0.1) is 0 Å². The van der Waals surface area contributed by atoms with Gasteiger partial charge in [-0.05, 0) is 48.5 Å². The third-order valence-corrected chi connectivity index (χ3v) is 6.98. The van der Waals surface area contributed by atoms with Crippen LogP contribution in [0.2, 0.25) is 0 Å². The highest BCUT2D eigenvalue weighted by Gasteiger charge is 2.32. The Bertz CT molecular complexity index is 1790. The highest BCUT2D eigenvalue weighted by molar-refractivity contribution is 6.50. The Kier molecular flexibility index (Phi) is 8.93. The Hall–Kier alpha value is -6.44. The number of ether oxygens (including phenoxy) is 4. The van der Waals surface area contributed by atoms with Gasteiger partial charge in [0.2, 0.25) is 34.6 Å². The van der Waals surface area contributed by atoms with E-state index in [4.69, 9.17) is 18.9 Å². The molecule has 0 aliphatic heterocycles. The zero-order valence-electron chi connectivity index (χ0n) is 24.6. The molecule has 14 heteroatoms. The number of carbonyl (C=O) groups excluding carboxylic acids is 4. The van der Waals surface area contributed by atoms with Crippen molar-refractivity contribution in [2.24, 2.45) is 0 Å². The topological polar surface area (TPSA) is 227 Å². The summed E-state index contributed by atoms with van der Waals surface area (Å²) in [5.41, 5.74) is -3.48. The SMILES string of the molecule is COc1ccc(C(=O)C(=O)c2cc(-c3cc(C(=O)C(=O)c4ccc(OC)c(OC)c4)c(O)c(O)c3O)c(O)c(O)c2O)cc1OC. The van der Waals surface area contributed by atoms with E-state index >= 15 is 0 Å². The molecule has 0 bridgehead atoms. The van der Waals surface area contributed by atoms with Crippen LogP contribution in [0.15, 0.2) is 48.5 Å². The van der Waals surface area contributed by atoms with Crippen LogP contribution in [-0.4, -0.2) is 82.2 Å². The van der Waals surface area contributed by atoms with Crippen molar-refractivity contribution in [3.63, 3.8) is 0 Å². The molecule has 46 heavy (non-hydrogen) atoms. The first kappa shape index (κ1) is 32.5. The summed E-state index contributed by atoms with van der Waals surface area (Å²) in [6.07, 6.45) is 0. The van der Waals surface area contributed by atoms with Crippen LogP contribution in [0.4, 0.5) is 0 Å². The number of phenolic OH excluding ortho intramolecular Hbond substituents is 6. The van der Waals surface area contributed by atoms with Gasteiger partial charge in [-0.3, -0.25) is 19.2 Å². The molecular weight excluding hydrogens is 608 g/mol. The zero-order valence-corrected chi connectivity index (χ0v) is 24.6. The molecule has 4 aromatic rings. The van der Waals surface area contributed by atoms with Crippen LogP contribution in [0.3, 0.4) is 0 Å². The summed E-state index contributed by atoms with van der Waals surface area (Å²) in [5.74, 6) is -11.8. The van der Waals surface area contributed by atoms with E-state index in [9.17, 15) is 49.8 Å². The van der Waals surface area contributed by atoms with Crippen molar-refractivity contribution in [1.29, 1.82) is 0 Å². The summed E-state index contributed by atoms with van der Waals surface area (Å²) >= 11 is 0. The molecule has 0 aliphatic carbocycles. The number of carbonyl (C=O) groups is 4. The molecule has 0 saturated heterocycles. The minimum absolute atomic E-state index is 0.101. The van der Waals surface area contributed by atoms with Crippen LogP contribution in [0.5, 0.6) is 57.5 Å². The van der Waals surface area contributed by atoms with Crippen LogP contribution in [0, 0.1) is 0 Å². The summed E-state index contributed by atoms with van der Waals surface area (Å²) in [6.45, 7) is 0. The highest BCUT2D eigenvalue weighted by Crippen LogP contribution is 2.51. The average Bonchev–Trinajstić information content (AvgIpc) is 3.08. The smallest absolute Gasteiger partial charge is 0.237 e. The lowest BCUT2D eigenvalue weighted by Gasteiger charge is -2.16. The Morgan fingerprint density at radius 3 is 1.04 bits per heavy atom. The molecule has 238 valence electrons. The minimum atomic E-state index is -1.39. The third-order valence-electron chi connectivity index (χ3n) is 6.98. The maximum atomic E-state index is 13.2. The molecule has 0 radical (unpaired) electrons. The van der Waals surface area contributed by atoms with Crippen LogP contribution in [-0.2, 0) is 0 Å². The molecule has 0 spiro atoms. The van der Waals surface area contributed by atoms with Crippen molar-refractivity contribution in [3.8, 4) is 68.6 Å². The summed E-state index contributed by atoms with van der Waals surface area (Å²) in [5, 5.41) is 63.2. The van der Waals surface area contributed by atoms with E-state index in [0.29, 0.717) is 12.1 Å². The number of Topliss-reactive ketones (excluding diaryl/α,β-unsaturated/α-hetero) is 4. The number of phenols is 6. The maximum Gasteiger partial charge on any atom is 0.237 e. The second-order valence-electron chi connectivity index (χ2n) is 9.49. The van der Waals surface area contributed by atoms with Gasteiger partial charge in [0.05, 0.1) is 39.6 Å². The number of benzene rings is 4. The van der Waals surface area contributed by atoms with E-state index < -0.39 is 79.9 Å². The molecule has 14 nitrogen and oxygen atoms in total. The Labute approximate surface area is 259 Å². The first-order chi connectivity index (χ1) is 21.8. The Morgan fingerprint density at radius 2 is 0.739 bits per heavy atom. The fraction of sp³-hybridized carbons (Fsp3) is 0.125. The quantitative estimate of drug-likeness (QED) is 0.0785. The molecular formula is C32H26O14. The molecule has 0 amide bonds. The third kappa shape index (κ3) is 5.50. The Morgan fingerprint density at radius 1 is 0.413 bits per heavy atom. The minimum Gasteiger partial charge on any atom is -0.504 e. The van der Waals surface area contributed by atoms with Crippen LogP contribution < -0.4 is 18.9 Å². The average molecular weight is 635 g/mol. The predicted octanol–water partition coefficient (Wildman–Crippen LogP) is 3.75. The summed E-state index contributed by atoms with van der Waals surface area (Å²) < 4.78 is 20.5. The van der Waals surface area contributed by atoms with E-state index in [1.165, 1.54) is 64.8 Å². The number of hydrogen-bond donors (Lipinski definition) is 6. The number of aromatic hydroxyl groups is 6. The van der Waals surface area contributed by atoms with E-state index in [2.05, 4.69) is 0 Å². The van der Waals surface area contributed by atoms with Crippen molar-refractivity contribution in [2.45, 2.75) is 0 Å². The fourth-order valence-corrected chi connectivity index (χ4v) is 4.52. The van der Waals surface area contributed by atoms with E-state index in [1.807, 2.05) is 0 Å². The first-order valence-electron chi connectivity index (χ1n) is 13.0. The molecule has 0 fully saturated rings. The van der Waals surface area contributed by atoms with E-state index in [1.54, 1.807) is 0 Å². The highest BCUT2D eigenvalue weighted by atomic mass is 16.5. The van der Waals surface area contributed by atoms with E-state index in [0.717, 1.165) is 0 Å². The van der Waals surface area contributed by atoms with Crippen LogP contribution in [0.1, 0.15) is 41.4 Å². The molecule has 4 aromatic carbocycles. The summed E-state index contributed by atoms with van der Waals surface area (Å²) in [6, 6.07) is 8.93. The van der Waals surface area contributed by atoms with Gasteiger partial charge in [0.15, 0.2) is 46.0 Å². The molecule has 0 unspecified atom stereocenters. The summed E-state index contributed by atoms with van der Waals surface area (Å²) in [4.78, 5) is 52.7. The summed E-state index contributed by atoms with van der Waals surface area (Å²) in [7, 11) is 5.30. The lowest BCUT2D eigenvalue weighted by molar-refractivity contribution is 0.0814. The molecule has 0 aromatic heterocycles. The number of rotatable bonds is 11. The lowest BCUT2D eigenvalue weighted by Crippen LogP contribution is -2.16. The van der Waals surface area contributed by atoms with Gasteiger partial charge in [-0.2, -0.15) is 0 Å². The molecule has 6 N–H and O–H groups in total. The van der Waals surface area contributed by atoms with Crippen molar-refractivity contribution >= 4 is 23.1 Å². The molecule has 0 saturated carbocycles. The number of methoxy groups -OCH3 is 4. The maximum absolute atomic E-state index is 13.2.